The third-order valence-electron chi connectivity index (χ3n) is 3.78. The predicted octanol–water partition coefficient (Wildman–Crippen LogP) is 2.25. The zero-order valence-corrected chi connectivity index (χ0v) is 10.6. The Morgan fingerprint density at radius 3 is 3.31 bits per heavy atom. The number of hydrogen-bond donors (Lipinski definition) is 1. The van der Waals surface area contributed by atoms with Gasteiger partial charge in [0.05, 0.1) is 0 Å². The molecule has 2 aliphatic rings. The van der Waals surface area contributed by atoms with E-state index in [1.165, 1.54) is 51.9 Å². The summed E-state index contributed by atoms with van der Waals surface area (Å²) in [4.78, 5) is 4.24. The fraction of sp³-hybridized carbons (Fsp3) is 0.692. The fourth-order valence-electron chi connectivity index (χ4n) is 2.85. The van der Waals surface area contributed by atoms with Crippen LogP contribution in [-0.4, -0.2) is 30.6 Å². The summed E-state index contributed by atoms with van der Waals surface area (Å²) in [6, 6.07) is 3.05. The monoisotopic (exact) mass is 236 g/mol. The molecule has 16 heavy (non-hydrogen) atoms. The molecule has 1 fully saturated rings. The van der Waals surface area contributed by atoms with E-state index in [9.17, 15) is 0 Å². The average molecular weight is 236 g/mol. The predicted molar refractivity (Wildman–Crippen MR) is 68.9 cm³/mol. The summed E-state index contributed by atoms with van der Waals surface area (Å²) in [5.41, 5.74) is 1.58. The topological polar surface area (TPSA) is 15.3 Å². The molecule has 3 heteroatoms. The van der Waals surface area contributed by atoms with Crippen molar-refractivity contribution in [1.82, 2.24) is 10.2 Å². The Bertz CT molecular complexity index is 341. The third kappa shape index (κ3) is 2.31. The van der Waals surface area contributed by atoms with Gasteiger partial charge in [0.15, 0.2) is 0 Å². The molecule has 0 aliphatic carbocycles. The van der Waals surface area contributed by atoms with E-state index < -0.39 is 0 Å². The highest BCUT2D eigenvalue weighted by atomic mass is 32.1. The van der Waals surface area contributed by atoms with Crippen LogP contribution >= 0.6 is 11.3 Å². The molecule has 3 heterocycles. The number of nitrogens with zero attached hydrogens (tertiary/aromatic N) is 1. The van der Waals surface area contributed by atoms with Crippen LogP contribution in [0.25, 0.3) is 0 Å². The van der Waals surface area contributed by atoms with Crippen molar-refractivity contribution in [1.29, 1.82) is 0 Å². The summed E-state index contributed by atoms with van der Waals surface area (Å²) in [6.45, 7) is 4.90. The number of thiophene rings is 1. The molecular weight excluding hydrogens is 216 g/mol. The van der Waals surface area contributed by atoms with Crippen LogP contribution < -0.4 is 5.32 Å². The van der Waals surface area contributed by atoms with Crippen LogP contribution in [0, 0.1) is 0 Å². The van der Waals surface area contributed by atoms with E-state index in [0.717, 1.165) is 6.04 Å². The first-order valence-electron chi connectivity index (χ1n) is 6.43. The van der Waals surface area contributed by atoms with Crippen LogP contribution in [-0.2, 0) is 13.0 Å². The molecule has 0 radical (unpaired) electrons. The van der Waals surface area contributed by atoms with Gasteiger partial charge in [-0.25, -0.2) is 0 Å². The first-order chi connectivity index (χ1) is 7.92. The van der Waals surface area contributed by atoms with Crippen molar-refractivity contribution in [3.05, 3.63) is 21.9 Å². The molecule has 0 bridgehead atoms. The lowest BCUT2D eigenvalue weighted by Gasteiger charge is -2.32. The molecule has 3 rings (SSSR count). The lowest BCUT2D eigenvalue weighted by molar-refractivity contribution is 0.210. The highest BCUT2D eigenvalue weighted by molar-refractivity contribution is 7.10. The van der Waals surface area contributed by atoms with Crippen LogP contribution in [0.2, 0.25) is 0 Å². The molecule has 2 aliphatic heterocycles. The molecule has 1 atom stereocenters. The molecular formula is C13H20N2S. The second-order valence-electron chi connectivity index (χ2n) is 5.00. The molecule has 88 valence electrons. The molecule has 1 aromatic heterocycles. The maximum atomic E-state index is 3.65. The van der Waals surface area contributed by atoms with Gasteiger partial charge in [-0.3, -0.25) is 4.90 Å². The minimum Gasteiger partial charge on any atom is -0.313 e. The quantitative estimate of drug-likeness (QED) is 0.847. The summed E-state index contributed by atoms with van der Waals surface area (Å²) in [5.74, 6) is 0. The number of rotatable bonds is 2. The minimum absolute atomic E-state index is 0.744. The van der Waals surface area contributed by atoms with Crippen molar-refractivity contribution >= 4 is 11.3 Å². The molecule has 1 unspecified atom stereocenters. The molecule has 1 N–H and O–H groups in total. The lowest BCUT2D eigenvalue weighted by atomic mass is 10.0. The summed E-state index contributed by atoms with van der Waals surface area (Å²) >= 11 is 1.93. The van der Waals surface area contributed by atoms with Crippen LogP contribution in [0.5, 0.6) is 0 Å². The van der Waals surface area contributed by atoms with Gasteiger partial charge in [0, 0.05) is 30.6 Å². The van der Waals surface area contributed by atoms with Gasteiger partial charge in [0.25, 0.3) is 0 Å². The van der Waals surface area contributed by atoms with Crippen molar-refractivity contribution in [2.24, 2.45) is 0 Å². The Morgan fingerprint density at radius 2 is 2.44 bits per heavy atom. The maximum Gasteiger partial charge on any atom is 0.0245 e. The van der Waals surface area contributed by atoms with Crippen LogP contribution in [0.1, 0.15) is 29.7 Å². The van der Waals surface area contributed by atoms with Crippen LogP contribution in [0.3, 0.4) is 0 Å². The van der Waals surface area contributed by atoms with Gasteiger partial charge >= 0.3 is 0 Å². The van der Waals surface area contributed by atoms with E-state index in [2.05, 4.69) is 21.7 Å². The van der Waals surface area contributed by atoms with E-state index >= 15 is 0 Å². The second-order valence-corrected chi connectivity index (χ2v) is 6.00. The van der Waals surface area contributed by atoms with Crippen molar-refractivity contribution in [2.45, 2.75) is 38.3 Å². The summed E-state index contributed by atoms with van der Waals surface area (Å²) in [7, 11) is 0. The van der Waals surface area contributed by atoms with Crippen molar-refractivity contribution in [3.8, 4) is 0 Å². The molecule has 0 amide bonds. The molecule has 2 nitrogen and oxygen atoms in total. The highest BCUT2D eigenvalue weighted by Gasteiger charge is 2.21. The van der Waals surface area contributed by atoms with Crippen molar-refractivity contribution in [3.63, 3.8) is 0 Å². The molecule has 1 saturated heterocycles. The third-order valence-corrected chi connectivity index (χ3v) is 4.80. The average Bonchev–Trinajstić information content (AvgIpc) is 2.77. The number of nitrogens with one attached hydrogen (secondary N) is 1. The van der Waals surface area contributed by atoms with Gasteiger partial charge in [0.1, 0.15) is 0 Å². The number of piperidine rings is 1. The van der Waals surface area contributed by atoms with E-state index in [0.29, 0.717) is 0 Å². The molecule has 1 aromatic rings. The number of fused-ring (bicyclic) bond motifs is 1. The summed E-state index contributed by atoms with van der Waals surface area (Å²) in [5, 5.41) is 5.89. The van der Waals surface area contributed by atoms with Crippen molar-refractivity contribution < 1.29 is 0 Å². The Hall–Kier alpha value is -0.380. The Kier molecular flexibility index (Phi) is 3.27. The van der Waals surface area contributed by atoms with E-state index in [1.54, 1.807) is 10.4 Å². The van der Waals surface area contributed by atoms with Crippen LogP contribution in [0.4, 0.5) is 0 Å². The zero-order valence-electron chi connectivity index (χ0n) is 9.74. The smallest absolute Gasteiger partial charge is 0.0245 e. The Balaban J connectivity index is 1.57. The molecule has 0 saturated carbocycles. The number of hydrogen-bond acceptors (Lipinski definition) is 3. The van der Waals surface area contributed by atoms with Crippen LogP contribution in [0.15, 0.2) is 11.4 Å². The SMILES string of the molecule is c1cc2c(s1)CCN(CC1CCCCN1)C2. The summed E-state index contributed by atoms with van der Waals surface area (Å²) in [6.07, 6.45) is 5.41. The van der Waals surface area contributed by atoms with Gasteiger partial charge < -0.3 is 5.32 Å². The van der Waals surface area contributed by atoms with Crippen molar-refractivity contribution in [2.75, 3.05) is 19.6 Å². The zero-order chi connectivity index (χ0) is 10.8. The van der Waals surface area contributed by atoms with E-state index in [1.807, 2.05) is 11.3 Å². The van der Waals surface area contributed by atoms with Gasteiger partial charge in [0.2, 0.25) is 0 Å². The standard InChI is InChI=1S/C13H20N2S/c1-2-6-14-12(3-1)10-15-7-4-13-11(9-15)5-8-16-13/h5,8,12,14H,1-4,6-7,9-10H2. The Labute approximate surface area is 102 Å². The Morgan fingerprint density at radius 1 is 1.44 bits per heavy atom. The lowest BCUT2D eigenvalue weighted by Crippen LogP contribution is -2.44. The molecule has 0 aromatic carbocycles. The van der Waals surface area contributed by atoms with Gasteiger partial charge in [-0.05, 0) is 42.8 Å². The minimum atomic E-state index is 0.744. The van der Waals surface area contributed by atoms with Gasteiger partial charge in [-0.2, -0.15) is 0 Å². The first-order valence-corrected chi connectivity index (χ1v) is 7.31. The van der Waals surface area contributed by atoms with Gasteiger partial charge in [-0.15, -0.1) is 11.3 Å². The highest BCUT2D eigenvalue weighted by Crippen LogP contribution is 2.24. The van der Waals surface area contributed by atoms with E-state index in [-0.39, 0.29) is 0 Å². The fourth-order valence-corrected chi connectivity index (χ4v) is 3.74. The second kappa shape index (κ2) is 4.86. The largest absolute Gasteiger partial charge is 0.313 e. The maximum absolute atomic E-state index is 3.65. The first kappa shape index (κ1) is 10.8. The molecule has 0 spiro atoms. The summed E-state index contributed by atoms with van der Waals surface area (Å²) < 4.78 is 0. The van der Waals surface area contributed by atoms with E-state index in [4.69, 9.17) is 0 Å². The van der Waals surface area contributed by atoms with Gasteiger partial charge in [-0.1, -0.05) is 6.42 Å². The normalized spacial score (nSPS) is 26.6.